The summed E-state index contributed by atoms with van der Waals surface area (Å²) in [6.45, 7) is 6.72. The molecule has 2 amide bonds. The van der Waals surface area contributed by atoms with Crippen molar-refractivity contribution in [2.24, 2.45) is 0 Å². The third-order valence-corrected chi connectivity index (χ3v) is 4.00. The van der Waals surface area contributed by atoms with Crippen molar-refractivity contribution in [1.29, 1.82) is 0 Å². The molecule has 2 fully saturated rings. The molecule has 1 aromatic rings. The van der Waals surface area contributed by atoms with Crippen molar-refractivity contribution >= 4 is 12.1 Å². The Balaban J connectivity index is 1.59. The third-order valence-electron chi connectivity index (χ3n) is 4.00. The van der Waals surface area contributed by atoms with E-state index in [1.807, 2.05) is 11.0 Å². The molecule has 1 aromatic carbocycles. The molecule has 4 nitrogen and oxygen atoms in total. The molecule has 0 aliphatic carbocycles. The molecule has 1 atom stereocenters. The van der Waals surface area contributed by atoms with Gasteiger partial charge in [-0.25, -0.2) is 4.79 Å². The smallest absolute Gasteiger partial charge is 0.317 e. The van der Waals surface area contributed by atoms with Crippen LogP contribution in [0.2, 0.25) is 0 Å². The number of hydrogen-bond acceptors (Lipinski definition) is 2. The molecule has 4 heteroatoms. The van der Waals surface area contributed by atoms with Crippen LogP contribution in [-0.2, 0) is 0 Å². The van der Waals surface area contributed by atoms with E-state index in [1.165, 1.54) is 11.1 Å². The van der Waals surface area contributed by atoms with Gasteiger partial charge >= 0.3 is 6.03 Å². The molecule has 106 valence electrons. The van der Waals surface area contributed by atoms with E-state index in [9.17, 15) is 4.79 Å². The van der Waals surface area contributed by atoms with Gasteiger partial charge in [-0.1, -0.05) is 42.0 Å². The first-order valence-corrected chi connectivity index (χ1v) is 7.21. The van der Waals surface area contributed by atoms with Gasteiger partial charge in [-0.2, -0.15) is 0 Å². The number of carbonyl (C=O) groups is 1. The van der Waals surface area contributed by atoms with Crippen LogP contribution >= 0.6 is 0 Å². The van der Waals surface area contributed by atoms with Gasteiger partial charge in [0.2, 0.25) is 0 Å². The fraction of sp³-hybridized carbons (Fsp3) is 0.438. The van der Waals surface area contributed by atoms with Gasteiger partial charge < -0.3 is 10.2 Å². The number of nitrogens with one attached hydrogen (secondary N) is 1. The van der Waals surface area contributed by atoms with Crippen LogP contribution in [0.25, 0.3) is 6.08 Å². The molecule has 3 rings (SSSR count). The summed E-state index contributed by atoms with van der Waals surface area (Å²) < 4.78 is 0. The lowest BCUT2D eigenvalue weighted by atomic mass is 10.1. The highest BCUT2D eigenvalue weighted by molar-refractivity contribution is 5.77. The van der Waals surface area contributed by atoms with Gasteiger partial charge in [-0.3, -0.25) is 4.90 Å². The van der Waals surface area contributed by atoms with Gasteiger partial charge in [0, 0.05) is 32.7 Å². The number of benzene rings is 1. The van der Waals surface area contributed by atoms with Gasteiger partial charge in [0.15, 0.2) is 0 Å². The molecule has 20 heavy (non-hydrogen) atoms. The van der Waals surface area contributed by atoms with Crippen molar-refractivity contribution in [2.75, 3.05) is 32.7 Å². The fourth-order valence-corrected chi connectivity index (χ4v) is 3.04. The second-order valence-electron chi connectivity index (χ2n) is 5.67. The van der Waals surface area contributed by atoms with E-state index in [-0.39, 0.29) is 6.03 Å². The minimum atomic E-state index is 0.103. The fourth-order valence-electron chi connectivity index (χ4n) is 3.04. The summed E-state index contributed by atoms with van der Waals surface area (Å²) in [4.78, 5) is 16.0. The number of nitrogens with zero attached hydrogens (tertiary/aromatic N) is 2. The Bertz CT molecular complexity index is 512. The van der Waals surface area contributed by atoms with Crippen molar-refractivity contribution in [3.05, 3.63) is 41.5 Å². The Morgan fingerprint density at radius 1 is 1.35 bits per heavy atom. The maximum Gasteiger partial charge on any atom is 0.317 e. The van der Waals surface area contributed by atoms with Gasteiger partial charge in [0.1, 0.15) is 0 Å². The van der Waals surface area contributed by atoms with Crippen LogP contribution in [0, 0.1) is 0 Å². The van der Waals surface area contributed by atoms with Gasteiger partial charge in [-0.05, 0) is 12.5 Å². The summed E-state index contributed by atoms with van der Waals surface area (Å²) in [7, 11) is 0. The van der Waals surface area contributed by atoms with Crippen LogP contribution in [0.3, 0.4) is 0 Å². The average molecular weight is 271 g/mol. The zero-order valence-corrected chi connectivity index (χ0v) is 11.9. The zero-order valence-electron chi connectivity index (χ0n) is 11.9. The van der Waals surface area contributed by atoms with E-state index < -0.39 is 0 Å². The van der Waals surface area contributed by atoms with Crippen molar-refractivity contribution in [3.63, 3.8) is 0 Å². The van der Waals surface area contributed by atoms with Crippen molar-refractivity contribution in [2.45, 2.75) is 13.0 Å². The maximum absolute atomic E-state index is 11.6. The molecule has 0 spiro atoms. The summed E-state index contributed by atoms with van der Waals surface area (Å²) in [5.41, 5.74) is 2.61. The van der Waals surface area contributed by atoms with E-state index in [0.717, 1.165) is 32.7 Å². The Morgan fingerprint density at radius 3 is 2.95 bits per heavy atom. The van der Waals surface area contributed by atoms with Crippen LogP contribution < -0.4 is 5.32 Å². The predicted molar refractivity (Wildman–Crippen MR) is 80.4 cm³/mol. The molecule has 2 aliphatic rings. The SMILES string of the molecule is C/C(=C\c1ccccc1)CN1CCN2C(=O)NCC2C1. The number of rotatable bonds is 3. The first kappa shape index (κ1) is 13.2. The van der Waals surface area contributed by atoms with Crippen LogP contribution in [0.1, 0.15) is 12.5 Å². The van der Waals surface area contributed by atoms with E-state index in [2.05, 4.69) is 47.5 Å². The highest BCUT2D eigenvalue weighted by Crippen LogP contribution is 2.16. The molecule has 0 aromatic heterocycles. The first-order chi connectivity index (χ1) is 9.72. The summed E-state index contributed by atoms with van der Waals surface area (Å²) in [5, 5.41) is 2.92. The minimum Gasteiger partial charge on any atom is -0.336 e. The third kappa shape index (κ3) is 2.85. The second kappa shape index (κ2) is 5.67. The number of amides is 2. The lowest BCUT2D eigenvalue weighted by Gasteiger charge is -2.36. The quantitative estimate of drug-likeness (QED) is 0.910. The van der Waals surface area contributed by atoms with Crippen molar-refractivity contribution in [3.8, 4) is 0 Å². The molecule has 1 unspecified atom stereocenters. The van der Waals surface area contributed by atoms with Crippen LogP contribution in [0.4, 0.5) is 4.79 Å². The number of fused-ring (bicyclic) bond motifs is 1. The van der Waals surface area contributed by atoms with Crippen LogP contribution in [0.15, 0.2) is 35.9 Å². The summed E-state index contributed by atoms with van der Waals surface area (Å²) in [5.74, 6) is 0. The van der Waals surface area contributed by atoms with Gasteiger partial charge in [0.25, 0.3) is 0 Å². The van der Waals surface area contributed by atoms with E-state index in [0.29, 0.717) is 6.04 Å². The van der Waals surface area contributed by atoms with E-state index >= 15 is 0 Å². The summed E-state index contributed by atoms with van der Waals surface area (Å²) in [6, 6.07) is 10.9. The van der Waals surface area contributed by atoms with Crippen LogP contribution in [-0.4, -0.2) is 54.6 Å². The molecular weight excluding hydrogens is 250 g/mol. The second-order valence-corrected chi connectivity index (χ2v) is 5.67. The highest BCUT2D eigenvalue weighted by atomic mass is 16.2. The Hall–Kier alpha value is -1.81. The lowest BCUT2D eigenvalue weighted by Crippen LogP contribution is -2.52. The van der Waals surface area contributed by atoms with Crippen molar-refractivity contribution < 1.29 is 4.79 Å². The first-order valence-electron chi connectivity index (χ1n) is 7.21. The average Bonchev–Trinajstić information content (AvgIpc) is 2.81. The predicted octanol–water partition coefficient (Wildman–Crippen LogP) is 1.80. The van der Waals surface area contributed by atoms with E-state index in [4.69, 9.17) is 0 Å². The minimum absolute atomic E-state index is 0.103. The molecule has 0 bridgehead atoms. The van der Waals surface area contributed by atoms with Crippen molar-refractivity contribution in [1.82, 2.24) is 15.1 Å². The normalized spacial score (nSPS) is 23.6. The monoisotopic (exact) mass is 271 g/mol. The Kier molecular flexibility index (Phi) is 3.74. The number of urea groups is 1. The Morgan fingerprint density at radius 2 is 2.15 bits per heavy atom. The van der Waals surface area contributed by atoms with Crippen LogP contribution in [0.5, 0.6) is 0 Å². The molecule has 2 saturated heterocycles. The molecular formula is C16H21N3O. The molecule has 0 radical (unpaired) electrons. The molecule has 2 heterocycles. The molecule has 2 aliphatic heterocycles. The molecule has 0 saturated carbocycles. The summed E-state index contributed by atoms with van der Waals surface area (Å²) >= 11 is 0. The molecule has 1 N–H and O–H groups in total. The largest absolute Gasteiger partial charge is 0.336 e. The highest BCUT2D eigenvalue weighted by Gasteiger charge is 2.35. The number of carbonyl (C=O) groups excluding carboxylic acids is 1. The zero-order chi connectivity index (χ0) is 13.9. The van der Waals surface area contributed by atoms with E-state index in [1.54, 1.807) is 0 Å². The topological polar surface area (TPSA) is 35.6 Å². The standard InChI is InChI=1S/C16H21N3O/c1-13(9-14-5-3-2-4-6-14)11-18-7-8-19-15(12-18)10-17-16(19)20/h2-6,9,15H,7-8,10-12H2,1H3,(H,17,20)/b13-9+. The number of piperazine rings is 1. The summed E-state index contributed by atoms with van der Waals surface area (Å²) in [6.07, 6.45) is 2.24. The number of hydrogen-bond donors (Lipinski definition) is 1. The Labute approximate surface area is 120 Å². The van der Waals surface area contributed by atoms with Gasteiger partial charge in [-0.15, -0.1) is 0 Å². The van der Waals surface area contributed by atoms with Gasteiger partial charge in [0.05, 0.1) is 6.04 Å². The lowest BCUT2D eigenvalue weighted by molar-refractivity contribution is 0.128. The maximum atomic E-state index is 11.6.